The average Bonchev–Trinajstić information content (AvgIpc) is 3.48. The second-order valence-corrected chi connectivity index (χ2v) is 8.53. The minimum atomic E-state index is -0.242. The monoisotopic (exact) mass is 425 g/mol. The Morgan fingerprint density at radius 2 is 1.48 bits per heavy atom. The number of tetrazole rings is 1. The number of rotatable bonds is 5. The number of hydrogen-bond donors (Lipinski definition) is 1. The molecule has 2 aliphatic rings. The molecule has 162 valence electrons. The van der Waals surface area contributed by atoms with Crippen LogP contribution in [0.3, 0.4) is 0 Å². The predicted molar refractivity (Wildman–Crippen MR) is 113 cm³/mol. The Morgan fingerprint density at radius 1 is 0.871 bits per heavy atom. The number of aromatic nitrogens is 4. The summed E-state index contributed by atoms with van der Waals surface area (Å²) < 4.78 is 28.9. The van der Waals surface area contributed by atoms with E-state index in [-0.39, 0.29) is 17.7 Å². The molecule has 0 radical (unpaired) electrons. The van der Waals surface area contributed by atoms with E-state index < -0.39 is 0 Å². The highest BCUT2D eigenvalue weighted by Crippen LogP contribution is 2.31. The quantitative estimate of drug-likeness (QED) is 0.683. The summed E-state index contributed by atoms with van der Waals surface area (Å²) in [7, 11) is 0. The summed E-state index contributed by atoms with van der Waals surface area (Å²) in [6.07, 6.45) is 4.60. The maximum absolute atomic E-state index is 13.6. The van der Waals surface area contributed by atoms with E-state index in [1.807, 2.05) is 28.9 Å². The molecule has 1 saturated heterocycles. The summed E-state index contributed by atoms with van der Waals surface area (Å²) >= 11 is 0. The van der Waals surface area contributed by atoms with Crippen molar-refractivity contribution >= 4 is 5.69 Å². The third-order valence-electron chi connectivity index (χ3n) is 6.66. The number of quaternary nitrogens is 1. The fourth-order valence-electron chi connectivity index (χ4n) is 5.01. The minimum absolute atomic E-state index is 0.0495. The van der Waals surface area contributed by atoms with Crippen LogP contribution in [0.5, 0.6) is 0 Å². The molecule has 1 aromatic heterocycles. The number of benzene rings is 2. The van der Waals surface area contributed by atoms with Crippen molar-refractivity contribution in [2.45, 2.75) is 37.8 Å². The molecule has 0 bridgehead atoms. The lowest BCUT2D eigenvalue weighted by Gasteiger charge is -2.37. The van der Waals surface area contributed by atoms with Gasteiger partial charge in [-0.15, -0.1) is 5.10 Å². The molecular formula is C23H27F2N6+. The second-order valence-electron chi connectivity index (χ2n) is 8.53. The molecule has 0 spiro atoms. The molecule has 6 nitrogen and oxygen atoms in total. The molecule has 1 saturated carbocycles. The summed E-state index contributed by atoms with van der Waals surface area (Å²) in [5.74, 6) is 0.404. The first kappa shape index (κ1) is 20.1. The van der Waals surface area contributed by atoms with Gasteiger partial charge in [-0.25, -0.2) is 13.5 Å². The van der Waals surface area contributed by atoms with E-state index in [1.165, 1.54) is 42.0 Å². The molecule has 0 amide bonds. The normalized spacial score (nSPS) is 19.1. The van der Waals surface area contributed by atoms with Gasteiger partial charge in [0.2, 0.25) is 5.82 Å². The Morgan fingerprint density at radius 3 is 2.13 bits per heavy atom. The summed E-state index contributed by atoms with van der Waals surface area (Å²) in [4.78, 5) is 3.64. The Bertz CT molecular complexity index is 990. The highest BCUT2D eigenvalue weighted by molar-refractivity contribution is 5.46. The van der Waals surface area contributed by atoms with Gasteiger partial charge in [-0.2, -0.15) is 0 Å². The van der Waals surface area contributed by atoms with Gasteiger partial charge in [-0.05, 0) is 71.8 Å². The molecule has 3 aromatic rings. The average molecular weight is 426 g/mol. The Balaban J connectivity index is 1.41. The zero-order chi connectivity index (χ0) is 21.2. The first-order valence-corrected chi connectivity index (χ1v) is 11.1. The number of piperazine rings is 1. The third-order valence-corrected chi connectivity index (χ3v) is 6.66. The largest absolute Gasteiger partial charge is 0.360 e. The smallest absolute Gasteiger partial charge is 0.214 e. The molecule has 1 N–H and O–H groups in total. The van der Waals surface area contributed by atoms with Gasteiger partial charge < -0.3 is 9.80 Å². The van der Waals surface area contributed by atoms with Gasteiger partial charge in [-0.3, -0.25) is 0 Å². The van der Waals surface area contributed by atoms with Crippen LogP contribution in [0, 0.1) is 11.6 Å². The fourth-order valence-corrected chi connectivity index (χ4v) is 5.01. The molecule has 5 rings (SSSR count). The van der Waals surface area contributed by atoms with E-state index in [1.54, 1.807) is 0 Å². The molecular weight excluding hydrogens is 398 g/mol. The van der Waals surface area contributed by atoms with Crippen molar-refractivity contribution in [2.24, 2.45) is 0 Å². The molecule has 0 unspecified atom stereocenters. The van der Waals surface area contributed by atoms with Crippen LogP contribution < -0.4 is 9.80 Å². The molecule has 1 atom stereocenters. The number of halogens is 2. The van der Waals surface area contributed by atoms with Crippen molar-refractivity contribution in [2.75, 3.05) is 31.1 Å². The summed E-state index contributed by atoms with van der Waals surface area (Å²) in [6.45, 7) is 3.47. The van der Waals surface area contributed by atoms with E-state index in [2.05, 4.69) is 20.4 Å². The van der Waals surface area contributed by atoms with Crippen LogP contribution in [-0.4, -0.2) is 46.4 Å². The number of nitrogens with one attached hydrogen (secondary N) is 1. The Kier molecular flexibility index (Phi) is 5.63. The minimum Gasteiger partial charge on any atom is -0.360 e. The number of hydrogen-bond acceptors (Lipinski definition) is 4. The first-order valence-electron chi connectivity index (χ1n) is 11.1. The van der Waals surface area contributed by atoms with Crippen molar-refractivity contribution in [3.63, 3.8) is 0 Å². The van der Waals surface area contributed by atoms with Crippen molar-refractivity contribution in [1.82, 2.24) is 20.2 Å². The van der Waals surface area contributed by atoms with Crippen LogP contribution in [0.25, 0.3) is 0 Å². The third kappa shape index (κ3) is 4.17. The molecule has 2 fully saturated rings. The van der Waals surface area contributed by atoms with Gasteiger partial charge in [0.05, 0.1) is 32.2 Å². The van der Waals surface area contributed by atoms with Crippen molar-refractivity contribution in [1.29, 1.82) is 0 Å². The van der Waals surface area contributed by atoms with E-state index >= 15 is 0 Å². The van der Waals surface area contributed by atoms with Gasteiger partial charge >= 0.3 is 0 Å². The molecule has 2 heterocycles. The maximum atomic E-state index is 13.6. The van der Waals surface area contributed by atoms with Crippen LogP contribution >= 0.6 is 0 Å². The highest BCUT2D eigenvalue weighted by Gasteiger charge is 2.36. The topological polar surface area (TPSA) is 51.3 Å². The fraction of sp³-hybridized carbons (Fsp3) is 0.435. The maximum Gasteiger partial charge on any atom is 0.214 e. The van der Waals surface area contributed by atoms with Crippen molar-refractivity contribution in [3.05, 3.63) is 71.6 Å². The summed E-state index contributed by atoms with van der Waals surface area (Å²) in [5.41, 5.74) is 2.07. The van der Waals surface area contributed by atoms with Crippen molar-refractivity contribution < 1.29 is 13.7 Å². The first-order chi connectivity index (χ1) is 15.2. The van der Waals surface area contributed by atoms with Crippen LogP contribution in [0.15, 0.2) is 48.5 Å². The van der Waals surface area contributed by atoms with Crippen LogP contribution in [0.4, 0.5) is 14.5 Å². The molecule has 31 heavy (non-hydrogen) atoms. The van der Waals surface area contributed by atoms with Gasteiger partial charge in [0.1, 0.15) is 11.6 Å². The Hall–Kier alpha value is -2.87. The zero-order valence-electron chi connectivity index (χ0n) is 17.4. The van der Waals surface area contributed by atoms with Crippen LogP contribution in [0.2, 0.25) is 0 Å². The van der Waals surface area contributed by atoms with Gasteiger partial charge in [-0.1, -0.05) is 12.8 Å². The summed E-state index contributed by atoms with van der Waals surface area (Å²) in [6, 6.07) is 13.7. The van der Waals surface area contributed by atoms with E-state index in [0.29, 0.717) is 6.04 Å². The molecule has 2 aromatic carbocycles. The predicted octanol–water partition coefficient (Wildman–Crippen LogP) is 2.56. The lowest BCUT2D eigenvalue weighted by Crippen LogP contribution is -3.15. The lowest BCUT2D eigenvalue weighted by molar-refractivity contribution is -0.927. The Labute approximate surface area is 180 Å². The second kappa shape index (κ2) is 8.70. The lowest BCUT2D eigenvalue weighted by atomic mass is 10.0. The van der Waals surface area contributed by atoms with E-state index in [9.17, 15) is 8.78 Å². The standard InChI is InChI=1S/C23H26F2N6/c24-18-7-5-17(6-8-18)22(23-26-27-28-31(23)21-3-1-2-4-21)30-15-13-29(14-16-30)20-11-9-19(25)10-12-20/h5-12,21-22H,1-4,13-16H2/p+1/t22-/m1/s1. The van der Waals surface area contributed by atoms with Crippen molar-refractivity contribution in [3.8, 4) is 0 Å². The summed E-state index contributed by atoms with van der Waals surface area (Å²) in [5, 5.41) is 12.8. The van der Waals surface area contributed by atoms with E-state index in [0.717, 1.165) is 56.1 Å². The van der Waals surface area contributed by atoms with Crippen LogP contribution in [0.1, 0.15) is 49.2 Å². The molecule has 1 aliphatic carbocycles. The zero-order valence-corrected chi connectivity index (χ0v) is 17.4. The number of anilines is 1. The van der Waals surface area contributed by atoms with Gasteiger partial charge in [0, 0.05) is 11.3 Å². The van der Waals surface area contributed by atoms with Gasteiger partial charge in [0.15, 0.2) is 6.04 Å². The van der Waals surface area contributed by atoms with Gasteiger partial charge in [0.25, 0.3) is 0 Å². The molecule has 8 heteroatoms. The van der Waals surface area contributed by atoms with E-state index in [4.69, 9.17) is 0 Å². The number of nitrogens with zero attached hydrogens (tertiary/aromatic N) is 5. The SMILES string of the molecule is Fc1ccc([C@H](c2nnnn2C2CCCC2)[NH+]2CCN(c3ccc(F)cc3)CC2)cc1. The highest BCUT2D eigenvalue weighted by atomic mass is 19.1. The van der Waals surface area contributed by atoms with Crippen LogP contribution in [-0.2, 0) is 0 Å². The molecule has 1 aliphatic heterocycles.